The fourth-order valence-corrected chi connectivity index (χ4v) is 3.76. The highest BCUT2D eigenvalue weighted by Crippen LogP contribution is 2.38. The van der Waals surface area contributed by atoms with E-state index >= 15 is 0 Å². The highest BCUT2D eigenvalue weighted by molar-refractivity contribution is 7.17. The number of imidazole rings is 1. The highest BCUT2D eigenvalue weighted by atomic mass is 32.1. The maximum absolute atomic E-state index is 6.41. The number of nitrogens with zero attached hydrogens (tertiary/aromatic N) is 2. The van der Waals surface area contributed by atoms with Crippen LogP contribution >= 0.6 is 11.3 Å². The van der Waals surface area contributed by atoms with E-state index in [1.807, 2.05) is 46.9 Å². The van der Waals surface area contributed by atoms with Crippen LogP contribution in [0.4, 0.5) is 5.82 Å². The van der Waals surface area contributed by atoms with Crippen molar-refractivity contribution in [1.29, 1.82) is 0 Å². The summed E-state index contributed by atoms with van der Waals surface area (Å²) in [5, 5.41) is 0. The maximum atomic E-state index is 6.41. The summed E-state index contributed by atoms with van der Waals surface area (Å²) in [5.74, 6) is 1.48. The van der Waals surface area contributed by atoms with Crippen molar-refractivity contribution in [3.8, 4) is 22.7 Å². The largest absolute Gasteiger partial charge is 0.463 e. The molecule has 0 aliphatic heterocycles. The second kappa shape index (κ2) is 5.03. The van der Waals surface area contributed by atoms with Gasteiger partial charge in [-0.3, -0.25) is 4.40 Å². The van der Waals surface area contributed by atoms with Gasteiger partial charge in [-0.15, -0.1) is 11.3 Å². The summed E-state index contributed by atoms with van der Waals surface area (Å²) in [5.41, 5.74) is 9.27. The molecule has 3 aromatic heterocycles. The van der Waals surface area contributed by atoms with Crippen LogP contribution in [0, 0.1) is 0 Å². The van der Waals surface area contributed by atoms with Crippen molar-refractivity contribution in [2.24, 2.45) is 0 Å². The Bertz CT molecular complexity index is 920. The summed E-state index contributed by atoms with van der Waals surface area (Å²) >= 11 is 1.66. The molecule has 1 aromatic carbocycles. The highest BCUT2D eigenvalue weighted by Gasteiger charge is 2.21. The average Bonchev–Trinajstić information content (AvgIpc) is 3.25. The molecule has 0 spiro atoms. The minimum Gasteiger partial charge on any atom is -0.463 e. The van der Waals surface area contributed by atoms with Gasteiger partial charge < -0.3 is 10.2 Å². The zero-order valence-corrected chi connectivity index (χ0v) is 12.9. The van der Waals surface area contributed by atoms with E-state index in [4.69, 9.17) is 15.1 Å². The van der Waals surface area contributed by atoms with E-state index in [1.165, 1.54) is 4.88 Å². The lowest BCUT2D eigenvalue weighted by Crippen LogP contribution is -1.96. The first-order valence-electron chi connectivity index (χ1n) is 7.18. The number of nitrogen functional groups attached to an aromatic ring is 1. The first-order chi connectivity index (χ1) is 10.8. The van der Waals surface area contributed by atoms with Gasteiger partial charge in [0.2, 0.25) is 0 Å². The molecule has 0 atom stereocenters. The molecule has 0 aliphatic rings. The van der Waals surface area contributed by atoms with Gasteiger partial charge in [-0.05, 0) is 18.6 Å². The van der Waals surface area contributed by atoms with Gasteiger partial charge in [-0.1, -0.05) is 37.3 Å². The number of furan rings is 1. The van der Waals surface area contributed by atoms with Crippen molar-refractivity contribution in [3.05, 3.63) is 53.6 Å². The minimum absolute atomic E-state index is 0.656. The Morgan fingerprint density at radius 1 is 1.18 bits per heavy atom. The van der Waals surface area contributed by atoms with Crippen molar-refractivity contribution in [3.63, 3.8) is 0 Å². The first-order valence-corrected chi connectivity index (χ1v) is 8.00. The SMILES string of the molecule is CCc1sc2nc(-c3ccccc3)c(N)n2c1-c1ccco1. The molecule has 0 bridgehead atoms. The van der Waals surface area contributed by atoms with Crippen LogP contribution in [-0.4, -0.2) is 9.38 Å². The van der Waals surface area contributed by atoms with E-state index in [0.717, 1.165) is 34.1 Å². The lowest BCUT2D eigenvalue weighted by atomic mass is 10.1. The molecule has 110 valence electrons. The van der Waals surface area contributed by atoms with Crippen LogP contribution in [0.2, 0.25) is 0 Å². The lowest BCUT2D eigenvalue weighted by molar-refractivity contribution is 0.579. The maximum Gasteiger partial charge on any atom is 0.196 e. The number of fused-ring (bicyclic) bond motifs is 1. The molecule has 0 radical (unpaired) electrons. The number of hydrogen-bond acceptors (Lipinski definition) is 4. The molecule has 4 nitrogen and oxygen atoms in total. The fourth-order valence-electron chi connectivity index (χ4n) is 2.69. The summed E-state index contributed by atoms with van der Waals surface area (Å²) in [6.45, 7) is 2.13. The number of aromatic nitrogens is 2. The molecule has 0 saturated carbocycles. The molecule has 5 heteroatoms. The van der Waals surface area contributed by atoms with Crippen molar-refractivity contribution in [1.82, 2.24) is 9.38 Å². The molecule has 0 amide bonds. The van der Waals surface area contributed by atoms with Gasteiger partial charge in [0.1, 0.15) is 17.2 Å². The smallest absolute Gasteiger partial charge is 0.196 e. The Hall–Kier alpha value is -2.53. The lowest BCUT2D eigenvalue weighted by Gasteiger charge is -2.03. The monoisotopic (exact) mass is 309 g/mol. The number of hydrogen-bond donors (Lipinski definition) is 1. The zero-order valence-electron chi connectivity index (χ0n) is 12.1. The number of thiazole rings is 1. The second-order valence-corrected chi connectivity index (χ2v) is 6.10. The molecule has 22 heavy (non-hydrogen) atoms. The van der Waals surface area contributed by atoms with E-state index in [2.05, 4.69) is 6.92 Å². The van der Waals surface area contributed by atoms with Crippen molar-refractivity contribution in [2.45, 2.75) is 13.3 Å². The van der Waals surface area contributed by atoms with Gasteiger partial charge in [0.05, 0.1) is 6.26 Å². The third-order valence-electron chi connectivity index (χ3n) is 3.71. The van der Waals surface area contributed by atoms with Gasteiger partial charge in [0.15, 0.2) is 10.7 Å². The standard InChI is InChI=1S/C17H15N3OS/c1-2-13-15(12-9-6-10-21-12)20-16(18)14(19-17(20)22-13)11-7-4-3-5-8-11/h3-10H,2,18H2,1H3. The summed E-state index contributed by atoms with van der Waals surface area (Å²) in [6, 6.07) is 13.9. The van der Waals surface area contributed by atoms with Crippen LogP contribution in [0.25, 0.3) is 27.7 Å². The fraction of sp³-hybridized carbons (Fsp3) is 0.118. The Balaban J connectivity index is 2.01. The topological polar surface area (TPSA) is 56.5 Å². The summed E-state index contributed by atoms with van der Waals surface area (Å²) in [7, 11) is 0. The van der Waals surface area contributed by atoms with Gasteiger partial charge in [0, 0.05) is 10.4 Å². The molecule has 0 fully saturated rings. The molecule has 2 N–H and O–H groups in total. The first kappa shape index (κ1) is 13.2. The van der Waals surface area contributed by atoms with E-state index in [-0.39, 0.29) is 0 Å². The van der Waals surface area contributed by atoms with Crippen molar-refractivity contribution in [2.75, 3.05) is 5.73 Å². The van der Waals surface area contributed by atoms with E-state index in [1.54, 1.807) is 17.6 Å². The van der Waals surface area contributed by atoms with Gasteiger partial charge in [-0.25, -0.2) is 4.98 Å². The van der Waals surface area contributed by atoms with Crippen LogP contribution < -0.4 is 5.73 Å². The molecule has 0 unspecified atom stereocenters. The number of nitrogens with two attached hydrogens (primary N) is 1. The Morgan fingerprint density at radius 3 is 2.68 bits per heavy atom. The van der Waals surface area contributed by atoms with Crippen LogP contribution in [0.15, 0.2) is 53.1 Å². The predicted molar refractivity (Wildman–Crippen MR) is 90.0 cm³/mol. The molecular weight excluding hydrogens is 294 g/mol. The summed E-state index contributed by atoms with van der Waals surface area (Å²) in [6.07, 6.45) is 2.60. The molecule has 3 heterocycles. The number of benzene rings is 1. The second-order valence-electron chi connectivity index (χ2n) is 5.03. The van der Waals surface area contributed by atoms with E-state index in [0.29, 0.717) is 5.82 Å². The van der Waals surface area contributed by atoms with Gasteiger partial charge in [0.25, 0.3) is 0 Å². The molecule has 0 saturated heterocycles. The van der Waals surface area contributed by atoms with Crippen molar-refractivity contribution >= 4 is 22.1 Å². The van der Waals surface area contributed by atoms with Crippen LogP contribution in [0.1, 0.15) is 11.8 Å². The van der Waals surface area contributed by atoms with Crippen molar-refractivity contribution < 1.29 is 4.42 Å². The van der Waals surface area contributed by atoms with Gasteiger partial charge in [-0.2, -0.15) is 0 Å². The summed E-state index contributed by atoms with van der Waals surface area (Å²) < 4.78 is 7.61. The van der Waals surface area contributed by atoms with Crippen LogP contribution in [-0.2, 0) is 6.42 Å². The van der Waals surface area contributed by atoms with Gasteiger partial charge >= 0.3 is 0 Å². The molecule has 0 aliphatic carbocycles. The summed E-state index contributed by atoms with van der Waals surface area (Å²) in [4.78, 5) is 6.86. The van der Waals surface area contributed by atoms with E-state index < -0.39 is 0 Å². The number of anilines is 1. The van der Waals surface area contributed by atoms with Crippen LogP contribution in [0.3, 0.4) is 0 Å². The minimum atomic E-state index is 0.656. The molecule has 4 rings (SSSR count). The predicted octanol–water partition coefficient (Wildman–Crippen LogP) is 4.47. The molecular formula is C17H15N3OS. The van der Waals surface area contributed by atoms with Crippen LogP contribution in [0.5, 0.6) is 0 Å². The molecule has 4 aromatic rings. The van der Waals surface area contributed by atoms with E-state index in [9.17, 15) is 0 Å². The Kier molecular flexibility index (Phi) is 3.01. The Morgan fingerprint density at radius 2 is 2.00 bits per heavy atom. The third kappa shape index (κ3) is 1.86. The quantitative estimate of drug-likeness (QED) is 0.607. The number of rotatable bonds is 3. The third-order valence-corrected chi connectivity index (χ3v) is 4.89. The zero-order chi connectivity index (χ0) is 15.1. The Labute approximate surface area is 131 Å². The average molecular weight is 309 g/mol. The normalized spacial score (nSPS) is 11.3. The number of aryl methyl sites for hydroxylation is 1.